The number of para-hydroxylation sites is 4. The van der Waals surface area contributed by atoms with E-state index in [-0.39, 0.29) is 5.41 Å². The number of ether oxygens (including phenoxy) is 1. The van der Waals surface area contributed by atoms with Gasteiger partial charge in [0.25, 0.3) is 6.33 Å². The lowest BCUT2D eigenvalue weighted by Gasteiger charge is -2.35. The van der Waals surface area contributed by atoms with E-state index in [0.717, 1.165) is 94.2 Å². The van der Waals surface area contributed by atoms with Crippen molar-refractivity contribution in [1.82, 2.24) is 19.1 Å². The molecule has 0 saturated carbocycles. The monoisotopic (exact) mass is 1340 g/mol. The van der Waals surface area contributed by atoms with Crippen molar-refractivity contribution in [3.8, 4) is 51.1 Å². The standard InChI is InChI=1S/C93H69N5O2Si2/c1-93(2,3)67-56-57-94-88(60-67)98-85-55-54-81-80-48-22-25-53-87(80)100-92(81)90(85)82-63-95-89(62-86(82)98)99-69-33-28-32-68(61-69)96-64-97(84-52-24-23-51-83(84)96)91-78(65-30-26-46-76(58-65)101(70-34-10-4-11-35-70,71-36-12-5-13-37-71)72-38-14-6-15-39-72)49-29-50-79(91)66-31-27-47-77(59-66)102(73-40-16-7-17-41-73,74-42-18-8-19-43-74)75-44-20-9-21-45-75/h4-63H,1-3H3. The lowest BCUT2D eigenvalue weighted by molar-refractivity contribution is -0.571. The zero-order chi connectivity index (χ0) is 68.4. The molecule has 0 atom stereocenters. The first-order valence-electron chi connectivity index (χ1n) is 34.8. The van der Waals surface area contributed by atoms with Crippen molar-refractivity contribution in [2.24, 2.45) is 0 Å². The second-order valence-corrected chi connectivity index (χ2v) is 35.0. The first-order chi connectivity index (χ1) is 50.2. The summed E-state index contributed by atoms with van der Waals surface area (Å²) in [6, 6.07) is 129. The number of fused-ring (bicyclic) bond motifs is 8. The van der Waals surface area contributed by atoms with Crippen LogP contribution in [0.15, 0.2) is 369 Å². The van der Waals surface area contributed by atoms with Crippen LogP contribution in [-0.4, -0.2) is 35.2 Å². The van der Waals surface area contributed by atoms with Crippen LogP contribution in [0.3, 0.4) is 0 Å². The Morgan fingerprint density at radius 2 is 0.902 bits per heavy atom. The largest absolute Gasteiger partial charge is 0.455 e. The van der Waals surface area contributed by atoms with Crippen LogP contribution in [0.1, 0.15) is 26.3 Å². The molecule has 102 heavy (non-hydrogen) atoms. The van der Waals surface area contributed by atoms with Crippen molar-refractivity contribution in [2.75, 3.05) is 0 Å². The highest BCUT2D eigenvalue weighted by Crippen LogP contribution is 2.42. The number of hydrogen-bond acceptors (Lipinski definition) is 4. The van der Waals surface area contributed by atoms with E-state index in [4.69, 9.17) is 19.1 Å². The molecule has 18 aromatic rings. The molecule has 0 radical (unpaired) electrons. The summed E-state index contributed by atoms with van der Waals surface area (Å²) in [6.45, 7) is 6.70. The lowest BCUT2D eigenvalue weighted by atomic mass is 9.88. The van der Waals surface area contributed by atoms with Crippen molar-refractivity contribution >= 4 is 112 Å². The molecule has 0 unspecified atom stereocenters. The van der Waals surface area contributed by atoms with Gasteiger partial charge in [-0.25, -0.2) is 9.97 Å². The number of benzene rings is 13. The molecular weight excluding hydrogens is 1280 g/mol. The smallest absolute Gasteiger partial charge is 0.269 e. The second-order valence-electron chi connectivity index (χ2n) is 27.4. The van der Waals surface area contributed by atoms with Crippen molar-refractivity contribution in [1.29, 1.82) is 0 Å². The number of imidazole rings is 1. The average molecular weight is 1340 g/mol. The van der Waals surface area contributed by atoms with Gasteiger partial charge in [-0.15, -0.1) is 0 Å². The molecule has 0 bridgehead atoms. The maximum absolute atomic E-state index is 6.98. The second kappa shape index (κ2) is 25.3. The molecule has 0 aliphatic rings. The summed E-state index contributed by atoms with van der Waals surface area (Å²) < 4.78 is 20.4. The third-order valence-corrected chi connectivity index (χ3v) is 30.1. The maximum Gasteiger partial charge on any atom is 0.269 e. The van der Waals surface area contributed by atoms with Crippen molar-refractivity contribution in [3.63, 3.8) is 0 Å². The topological polar surface area (TPSA) is 61.9 Å². The summed E-state index contributed by atoms with van der Waals surface area (Å²) in [6.07, 6.45) is 7.87. The number of aromatic nitrogens is 5. The molecule has 13 aromatic carbocycles. The minimum Gasteiger partial charge on any atom is -0.455 e. The number of hydrogen-bond donors (Lipinski definition) is 0. The van der Waals surface area contributed by atoms with Gasteiger partial charge in [0, 0.05) is 34.6 Å². The average Bonchev–Trinajstić information content (AvgIpc) is 1.51. The number of nitrogens with zero attached hydrogens (tertiary/aromatic N) is 5. The molecule has 0 fully saturated rings. The Morgan fingerprint density at radius 3 is 1.46 bits per heavy atom. The van der Waals surface area contributed by atoms with Crippen LogP contribution in [-0.2, 0) is 5.41 Å². The molecule has 18 rings (SSSR count). The first-order valence-corrected chi connectivity index (χ1v) is 38.8. The zero-order valence-electron chi connectivity index (χ0n) is 56.7. The van der Waals surface area contributed by atoms with Crippen LogP contribution >= 0.6 is 0 Å². The summed E-state index contributed by atoms with van der Waals surface area (Å²) in [5.74, 6) is 1.86. The third-order valence-electron chi connectivity index (χ3n) is 20.5. The fourth-order valence-electron chi connectivity index (χ4n) is 15.9. The Balaban J connectivity index is 0.829. The van der Waals surface area contributed by atoms with Gasteiger partial charge in [0.05, 0.1) is 38.8 Å². The van der Waals surface area contributed by atoms with Gasteiger partial charge in [0.15, 0.2) is 16.1 Å². The Labute approximate surface area is 594 Å². The summed E-state index contributed by atoms with van der Waals surface area (Å²) >= 11 is 0. The van der Waals surface area contributed by atoms with Gasteiger partial charge in [-0.1, -0.05) is 318 Å². The van der Waals surface area contributed by atoms with Crippen LogP contribution in [0.25, 0.3) is 94.2 Å². The van der Waals surface area contributed by atoms with E-state index >= 15 is 0 Å². The van der Waals surface area contributed by atoms with Crippen LogP contribution in [0.2, 0.25) is 0 Å². The molecule has 0 aliphatic heterocycles. The van der Waals surface area contributed by atoms with Gasteiger partial charge in [-0.3, -0.25) is 13.7 Å². The van der Waals surface area contributed by atoms with Crippen LogP contribution in [0.5, 0.6) is 11.6 Å². The number of furan rings is 1. The van der Waals surface area contributed by atoms with Crippen LogP contribution in [0, 0.1) is 6.33 Å². The van der Waals surface area contributed by atoms with Gasteiger partial charge in [0.2, 0.25) is 5.88 Å². The molecule has 0 spiro atoms. The molecule has 9 heteroatoms. The SMILES string of the molecule is CC(C)(C)c1ccnc(-n2c3cc(Oc4cccc(-n5[c-][n+](-c6c(-c7cccc([Si](c8ccccc8)(c8ccccc8)c8ccccc8)c7)cccc6-c6cccc([Si](c7ccccc7)(c7ccccc7)c7ccccc7)c6)c6ccccc65)c4)ncc3c3c4oc5ccccc5c4ccc32)c1. The summed E-state index contributed by atoms with van der Waals surface area (Å²) in [5.41, 5.74) is 12.7. The molecule has 0 aliphatic carbocycles. The third kappa shape index (κ3) is 10.3. The molecule has 0 amide bonds. The number of pyridine rings is 2. The summed E-state index contributed by atoms with van der Waals surface area (Å²) in [7, 11) is -5.97. The van der Waals surface area contributed by atoms with Gasteiger partial charge in [-0.05, 0) is 123 Å². The van der Waals surface area contributed by atoms with Gasteiger partial charge < -0.3 is 9.15 Å². The molecule has 5 aromatic heterocycles. The van der Waals surface area contributed by atoms with E-state index in [0.29, 0.717) is 11.6 Å². The van der Waals surface area contributed by atoms with Crippen LogP contribution in [0.4, 0.5) is 0 Å². The van der Waals surface area contributed by atoms with Gasteiger partial charge >= 0.3 is 0 Å². The Kier molecular flexibility index (Phi) is 15.3. The zero-order valence-corrected chi connectivity index (χ0v) is 58.7. The van der Waals surface area contributed by atoms with E-state index in [9.17, 15) is 0 Å². The fraction of sp³-hybridized carbons (Fsp3) is 0.0430. The predicted molar refractivity (Wildman–Crippen MR) is 424 cm³/mol. The highest BCUT2D eigenvalue weighted by atomic mass is 28.3. The lowest BCUT2D eigenvalue weighted by Crippen LogP contribution is -2.74. The van der Waals surface area contributed by atoms with Crippen molar-refractivity contribution in [2.45, 2.75) is 26.2 Å². The number of rotatable bonds is 15. The van der Waals surface area contributed by atoms with E-state index in [1.165, 1.54) is 47.1 Å². The predicted octanol–water partition coefficient (Wildman–Crippen LogP) is 16.7. The minimum atomic E-state index is -2.98. The molecule has 486 valence electrons. The Hall–Kier alpha value is -12.5. The first kappa shape index (κ1) is 61.8. The van der Waals surface area contributed by atoms with E-state index < -0.39 is 16.1 Å². The highest BCUT2D eigenvalue weighted by Gasteiger charge is 2.43. The van der Waals surface area contributed by atoms with Gasteiger partial charge in [0.1, 0.15) is 22.7 Å². The highest BCUT2D eigenvalue weighted by molar-refractivity contribution is 7.20. The van der Waals surface area contributed by atoms with E-state index in [2.05, 4.69) is 368 Å². The summed E-state index contributed by atoms with van der Waals surface area (Å²) in [5, 5.41) is 14.5. The van der Waals surface area contributed by atoms with Crippen LogP contribution < -0.4 is 50.8 Å². The quantitative estimate of drug-likeness (QED) is 0.0444. The Morgan fingerprint density at radius 1 is 0.402 bits per heavy atom. The Bertz CT molecular complexity index is 5770. The minimum absolute atomic E-state index is 0.110. The van der Waals surface area contributed by atoms with Crippen molar-refractivity contribution < 1.29 is 13.7 Å². The maximum atomic E-state index is 6.98. The van der Waals surface area contributed by atoms with E-state index in [1.807, 2.05) is 36.7 Å². The van der Waals surface area contributed by atoms with Gasteiger partial charge in [-0.2, -0.15) is 0 Å². The molecule has 5 heterocycles. The molecule has 0 saturated heterocycles. The molecule has 0 N–H and O–H groups in total. The molecule has 7 nitrogen and oxygen atoms in total. The summed E-state index contributed by atoms with van der Waals surface area (Å²) in [4.78, 5) is 10.1. The molecular formula is C93H69N5O2Si2. The van der Waals surface area contributed by atoms with Crippen molar-refractivity contribution in [3.05, 3.63) is 376 Å². The fourth-order valence-corrected chi connectivity index (χ4v) is 25.5. The van der Waals surface area contributed by atoms with E-state index in [1.54, 1.807) is 0 Å². The normalized spacial score (nSPS) is 12.1.